The summed E-state index contributed by atoms with van der Waals surface area (Å²) in [5.74, 6) is 1.13. The Morgan fingerprint density at radius 2 is 1.31 bits per heavy atom. The van der Waals surface area contributed by atoms with Gasteiger partial charge in [0.1, 0.15) is 6.67 Å². The van der Waals surface area contributed by atoms with E-state index in [0.29, 0.717) is 24.9 Å². The van der Waals surface area contributed by atoms with E-state index >= 15 is 0 Å². The lowest BCUT2D eigenvalue weighted by Gasteiger charge is -2.33. The predicted octanol–water partition coefficient (Wildman–Crippen LogP) is 11.5. The van der Waals surface area contributed by atoms with Crippen molar-refractivity contribution >= 4 is 53.4 Å². The van der Waals surface area contributed by atoms with E-state index in [-0.39, 0.29) is 0 Å². The zero-order valence-corrected chi connectivity index (χ0v) is 30.1. The molecule has 6 nitrogen and oxygen atoms in total. The lowest BCUT2D eigenvalue weighted by Crippen LogP contribution is -2.33. The summed E-state index contributed by atoms with van der Waals surface area (Å²) in [6.07, 6.45) is 6.55. The SMILES string of the molecule is C=NC(=NC(=NCc1ccccc1)c1ccccc1)c1cccc(-c2ccc(N3CN(c4ccccc4N=C)c4ccccc4C4=C3C=CCC4)cc2)c1. The van der Waals surface area contributed by atoms with Crippen LogP contribution in [0.2, 0.25) is 0 Å². The van der Waals surface area contributed by atoms with Gasteiger partial charge < -0.3 is 9.80 Å². The van der Waals surface area contributed by atoms with Crippen molar-refractivity contribution in [2.75, 3.05) is 16.5 Å². The number of anilines is 3. The standard InChI is InChI=1S/C48H40N6/c1-49-43-24-11-14-27-46(43)54-34-53(44-25-12-9-22-41(44)42-23-10-13-26-45(42)54)40-30-28-36(29-31-40)38-20-15-21-39(32-38)47(50-2)52-48(37-18-7-4-8-19-37)51-33-35-16-5-3-6-17-35/h3-8,10-21,23-32H,1-2,9,22,33-34H2. The number of amidine groups is 2. The number of aliphatic imine (C=N–C) groups is 4. The molecule has 6 heteroatoms. The molecule has 0 amide bonds. The summed E-state index contributed by atoms with van der Waals surface area (Å²) in [6, 6.07) is 54.3. The molecule has 0 fully saturated rings. The van der Waals surface area contributed by atoms with Gasteiger partial charge in [-0.3, -0.25) is 9.98 Å². The number of para-hydroxylation sites is 3. The van der Waals surface area contributed by atoms with Crippen molar-refractivity contribution in [1.82, 2.24) is 0 Å². The van der Waals surface area contributed by atoms with Gasteiger partial charge in [0.05, 0.1) is 23.6 Å². The van der Waals surface area contributed by atoms with Crippen molar-refractivity contribution in [2.24, 2.45) is 20.0 Å². The van der Waals surface area contributed by atoms with E-state index in [4.69, 9.17) is 9.98 Å². The fourth-order valence-corrected chi connectivity index (χ4v) is 7.18. The molecule has 1 aliphatic heterocycles. The van der Waals surface area contributed by atoms with Gasteiger partial charge in [-0.25, -0.2) is 9.98 Å². The van der Waals surface area contributed by atoms with Crippen LogP contribution in [-0.2, 0) is 6.54 Å². The number of fused-ring (bicyclic) bond motifs is 2. The minimum Gasteiger partial charge on any atom is -0.323 e. The van der Waals surface area contributed by atoms with E-state index in [1.165, 1.54) is 22.5 Å². The predicted molar refractivity (Wildman–Crippen MR) is 228 cm³/mol. The van der Waals surface area contributed by atoms with Crippen molar-refractivity contribution < 1.29 is 0 Å². The van der Waals surface area contributed by atoms with Crippen molar-refractivity contribution in [2.45, 2.75) is 19.4 Å². The maximum Gasteiger partial charge on any atom is 0.161 e. The molecule has 0 unspecified atom stereocenters. The highest BCUT2D eigenvalue weighted by atomic mass is 15.3. The van der Waals surface area contributed by atoms with Gasteiger partial charge in [0.2, 0.25) is 0 Å². The average molecular weight is 701 g/mol. The Hall–Kier alpha value is -6.92. The third-order valence-corrected chi connectivity index (χ3v) is 9.86. The Morgan fingerprint density at radius 3 is 2.09 bits per heavy atom. The molecule has 0 N–H and O–H groups in total. The average Bonchev–Trinajstić information content (AvgIpc) is 3.39. The zero-order valence-electron chi connectivity index (χ0n) is 30.1. The Labute approximate surface area is 317 Å². The maximum atomic E-state index is 4.97. The van der Waals surface area contributed by atoms with Gasteiger partial charge in [0.25, 0.3) is 0 Å². The van der Waals surface area contributed by atoms with Crippen LogP contribution in [-0.4, -0.2) is 31.8 Å². The summed E-state index contributed by atoms with van der Waals surface area (Å²) < 4.78 is 0. The molecule has 54 heavy (non-hydrogen) atoms. The third kappa shape index (κ3) is 7.10. The van der Waals surface area contributed by atoms with E-state index in [0.717, 1.165) is 57.7 Å². The van der Waals surface area contributed by atoms with Crippen LogP contribution in [0.1, 0.15) is 35.1 Å². The van der Waals surface area contributed by atoms with E-state index in [1.807, 2.05) is 72.8 Å². The first-order chi connectivity index (χ1) is 26.7. The molecule has 0 spiro atoms. The summed E-state index contributed by atoms with van der Waals surface area (Å²) in [4.78, 5) is 23.4. The van der Waals surface area contributed by atoms with Gasteiger partial charge >= 0.3 is 0 Å². The summed E-state index contributed by atoms with van der Waals surface area (Å²) >= 11 is 0. The largest absolute Gasteiger partial charge is 0.323 e. The number of hydrogen-bond donors (Lipinski definition) is 0. The van der Waals surface area contributed by atoms with E-state index < -0.39 is 0 Å². The van der Waals surface area contributed by atoms with E-state index in [9.17, 15) is 0 Å². The second kappa shape index (κ2) is 15.8. The minimum atomic E-state index is 0.512. The molecule has 0 saturated carbocycles. The first-order valence-electron chi connectivity index (χ1n) is 18.2. The molecule has 0 bridgehead atoms. The van der Waals surface area contributed by atoms with Gasteiger partial charge in [-0.05, 0) is 91.0 Å². The van der Waals surface area contributed by atoms with Crippen molar-refractivity contribution in [3.63, 3.8) is 0 Å². The summed E-state index contributed by atoms with van der Waals surface area (Å²) in [5, 5.41) is 0. The number of hydrogen-bond acceptors (Lipinski definition) is 4. The Kier molecular flexibility index (Phi) is 9.98. The van der Waals surface area contributed by atoms with Crippen LogP contribution in [0, 0.1) is 0 Å². The molecule has 0 radical (unpaired) electrons. The number of allylic oxidation sites excluding steroid dienone is 3. The van der Waals surface area contributed by atoms with Crippen molar-refractivity contribution in [3.8, 4) is 11.1 Å². The molecule has 1 heterocycles. The van der Waals surface area contributed by atoms with Crippen molar-refractivity contribution in [1.29, 1.82) is 0 Å². The van der Waals surface area contributed by atoms with Crippen molar-refractivity contribution in [3.05, 3.63) is 198 Å². The molecule has 1 aliphatic carbocycles. The fourth-order valence-electron chi connectivity index (χ4n) is 7.18. The quantitative estimate of drug-likeness (QED) is 0.117. The Balaban J connectivity index is 1.13. The van der Waals surface area contributed by atoms with Gasteiger partial charge in [-0.2, -0.15) is 0 Å². The number of benzene rings is 6. The van der Waals surface area contributed by atoms with Gasteiger partial charge in [0.15, 0.2) is 11.7 Å². The fraction of sp³-hybridized carbons (Fsp3) is 0.0833. The molecular formula is C48H40N6. The highest BCUT2D eigenvalue weighted by Gasteiger charge is 2.29. The van der Waals surface area contributed by atoms with Crippen LogP contribution in [0.3, 0.4) is 0 Å². The monoisotopic (exact) mass is 700 g/mol. The van der Waals surface area contributed by atoms with Crippen LogP contribution in [0.25, 0.3) is 16.7 Å². The second-order valence-electron chi connectivity index (χ2n) is 13.2. The number of nitrogens with zero attached hydrogens (tertiary/aromatic N) is 6. The van der Waals surface area contributed by atoms with E-state index in [1.54, 1.807) is 0 Å². The van der Waals surface area contributed by atoms with Gasteiger partial charge in [-0.1, -0.05) is 127 Å². The third-order valence-electron chi connectivity index (χ3n) is 9.86. The molecule has 8 rings (SSSR count). The summed E-state index contributed by atoms with van der Waals surface area (Å²) in [6.45, 7) is 8.91. The van der Waals surface area contributed by atoms with Gasteiger partial charge in [0, 0.05) is 28.1 Å². The molecule has 6 aromatic rings. The Morgan fingerprint density at radius 1 is 0.611 bits per heavy atom. The lowest BCUT2D eigenvalue weighted by molar-refractivity contribution is 0.897. The zero-order chi connectivity index (χ0) is 36.7. The number of rotatable bonds is 8. The molecule has 0 atom stereocenters. The molecule has 2 aliphatic rings. The normalized spacial score (nSPS) is 14.3. The first kappa shape index (κ1) is 34.2. The molecule has 6 aromatic carbocycles. The smallest absolute Gasteiger partial charge is 0.161 e. The summed E-state index contributed by atoms with van der Waals surface area (Å²) in [5.41, 5.74) is 13.0. The minimum absolute atomic E-state index is 0.512. The molecule has 0 aromatic heterocycles. The topological polar surface area (TPSA) is 55.9 Å². The van der Waals surface area contributed by atoms with Crippen LogP contribution < -0.4 is 9.80 Å². The highest BCUT2D eigenvalue weighted by Crippen LogP contribution is 2.45. The van der Waals surface area contributed by atoms with E-state index in [2.05, 4.69) is 130 Å². The first-order valence-corrected chi connectivity index (χ1v) is 18.2. The van der Waals surface area contributed by atoms with Gasteiger partial charge in [-0.15, -0.1) is 0 Å². The van der Waals surface area contributed by atoms with Crippen LogP contribution in [0.15, 0.2) is 196 Å². The summed E-state index contributed by atoms with van der Waals surface area (Å²) in [7, 11) is 0. The maximum absolute atomic E-state index is 4.97. The van der Waals surface area contributed by atoms with Crippen LogP contribution in [0.4, 0.5) is 22.7 Å². The van der Waals surface area contributed by atoms with Crippen LogP contribution in [0.5, 0.6) is 0 Å². The highest BCUT2D eigenvalue weighted by molar-refractivity contribution is 6.13. The molecular weight excluding hydrogens is 661 g/mol. The second-order valence-corrected chi connectivity index (χ2v) is 13.2. The Bertz CT molecular complexity index is 2420. The lowest BCUT2D eigenvalue weighted by atomic mass is 9.93. The van der Waals surface area contributed by atoms with Crippen LogP contribution >= 0.6 is 0 Å². The molecule has 0 saturated heterocycles. The molecule has 262 valence electrons.